The lowest BCUT2D eigenvalue weighted by molar-refractivity contribution is 0.344. The molecule has 0 atom stereocenters. The van der Waals surface area contributed by atoms with Crippen molar-refractivity contribution in [2.24, 2.45) is 0 Å². The van der Waals surface area contributed by atoms with Crippen LogP contribution in [0.4, 0.5) is 4.39 Å². The summed E-state index contributed by atoms with van der Waals surface area (Å²) in [6, 6.07) is 12.5. The van der Waals surface area contributed by atoms with Crippen LogP contribution in [0.2, 0.25) is 0 Å². The van der Waals surface area contributed by atoms with Crippen LogP contribution < -0.4 is 4.74 Å². The van der Waals surface area contributed by atoms with Crippen molar-refractivity contribution in [1.29, 1.82) is 0 Å². The number of hydrogen-bond acceptors (Lipinski definition) is 1. The Morgan fingerprint density at radius 1 is 1.17 bits per heavy atom. The summed E-state index contributed by atoms with van der Waals surface area (Å²) in [5.41, 5.74) is 2.82. The monoisotopic (exact) mass is 308 g/mol. The molecule has 0 amide bonds. The maximum Gasteiger partial charge on any atom is 0.130 e. The highest BCUT2D eigenvalue weighted by molar-refractivity contribution is 9.09. The van der Waals surface area contributed by atoms with E-state index in [2.05, 4.69) is 15.9 Å². The van der Waals surface area contributed by atoms with Gasteiger partial charge in [-0.3, -0.25) is 0 Å². The van der Waals surface area contributed by atoms with E-state index in [0.29, 0.717) is 6.61 Å². The van der Waals surface area contributed by atoms with Gasteiger partial charge in [-0.1, -0.05) is 46.3 Å². The fraction of sp³-hybridized carbons (Fsp3) is 0.200. The normalized spacial score (nSPS) is 10.4. The zero-order valence-corrected chi connectivity index (χ0v) is 11.7. The Hall–Kier alpha value is -1.35. The third kappa shape index (κ3) is 2.91. The average Bonchev–Trinajstić information content (AvgIpc) is 2.37. The lowest BCUT2D eigenvalue weighted by atomic mass is 10.0. The molecule has 94 valence electrons. The van der Waals surface area contributed by atoms with Crippen LogP contribution in [-0.2, 0) is 0 Å². The number of hydrogen-bond donors (Lipinski definition) is 0. The summed E-state index contributed by atoms with van der Waals surface area (Å²) in [6.45, 7) is 2.58. The zero-order valence-electron chi connectivity index (χ0n) is 10.1. The number of aryl methyl sites for hydroxylation is 1. The molecule has 0 N–H and O–H groups in total. The minimum atomic E-state index is -0.236. The molecule has 0 radical (unpaired) electrons. The molecule has 0 aromatic heterocycles. The number of benzene rings is 2. The Bertz CT molecular complexity index is 540. The number of para-hydroxylation sites is 1. The van der Waals surface area contributed by atoms with Gasteiger partial charge in [-0.05, 0) is 30.2 Å². The standard InChI is InChI=1S/C15H14BrFO/c1-11-4-2-7-14(15(11)18-9-8-16)12-5-3-6-13(17)10-12/h2-7,10H,8-9H2,1H3. The summed E-state index contributed by atoms with van der Waals surface area (Å²) in [5, 5.41) is 0.768. The van der Waals surface area contributed by atoms with Gasteiger partial charge in [-0.25, -0.2) is 4.39 Å². The highest BCUT2D eigenvalue weighted by Crippen LogP contribution is 2.33. The van der Waals surface area contributed by atoms with E-state index in [0.717, 1.165) is 27.8 Å². The fourth-order valence-electron chi connectivity index (χ4n) is 1.87. The van der Waals surface area contributed by atoms with Crippen LogP contribution in [0, 0.1) is 12.7 Å². The maximum atomic E-state index is 13.3. The first-order valence-corrected chi connectivity index (χ1v) is 6.89. The van der Waals surface area contributed by atoms with Crippen LogP contribution in [0.3, 0.4) is 0 Å². The predicted molar refractivity (Wildman–Crippen MR) is 75.9 cm³/mol. The smallest absolute Gasteiger partial charge is 0.130 e. The summed E-state index contributed by atoms with van der Waals surface area (Å²) >= 11 is 3.34. The predicted octanol–water partition coefficient (Wildman–Crippen LogP) is 4.57. The number of ether oxygens (including phenoxy) is 1. The molecular formula is C15H14BrFO. The van der Waals surface area contributed by atoms with E-state index in [-0.39, 0.29) is 5.82 Å². The second-order valence-corrected chi connectivity index (χ2v) is 4.79. The van der Waals surface area contributed by atoms with Crippen LogP contribution >= 0.6 is 15.9 Å². The highest BCUT2D eigenvalue weighted by Gasteiger charge is 2.09. The van der Waals surface area contributed by atoms with Gasteiger partial charge in [0, 0.05) is 10.9 Å². The molecule has 3 heteroatoms. The van der Waals surface area contributed by atoms with Crippen molar-refractivity contribution >= 4 is 15.9 Å². The van der Waals surface area contributed by atoms with Crippen molar-refractivity contribution in [1.82, 2.24) is 0 Å². The molecule has 0 saturated carbocycles. The van der Waals surface area contributed by atoms with Gasteiger partial charge in [0.2, 0.25) is 0 Å². The van der Waals surface area contributed by atoms with E-state index >= 15 is 0 Å². The molecule has 0 aliphatic heterocycles. The lowest BCUT2D eigenvalue weighted by Gasteiger charge is -2.13. The van der Waals surface area contributed by atoms with Gasteiger partial charge < -0.3 is 4.74 Å². The second-order valence-electron chi connectivity index (χ2n) is 4.00. The molecule has 0 bridgehead atoms. The van der Waals surface area contributed by atoms with Gasteiger partial charge in [-0.15, -0.1) is 0 Å². The van der Waals surface area contributed by atoms with Gasteiger partial charge in [-0.2, -0.15) is 0 Å². The largest absolute Gasteiger partial charge is 0.492 e. The molecule has 1 nitrogen and oxygen atoms in total. The third-order valence-electron chi connectivity index (χ3n) is 2.67. The summed E-state index contributed by atoms with van der Waals surface area (Å²) in [5.74, 6) is 0.586. The van der Waals surface area contributed by atoms with Crippen molar-refractivity contribution in [3.8, 4) is 16.9 Å². The minimum absolute atomic E-state index is 0.236. The quantitative estimate of drug-likeness (QED) is 0.752. The fourth-order valence-corrected chi connectivity index (χ4v) is 2.03. The van der Waals surface area contributed by atoms with E-state index < -0.39 is 0 Å². The molecule has 0 saturated heterocycles. The first-order valence-electron chi connectivity index (χ1n) is 5.76. The van der Waals surface area contributed by atoms with Crippen LogP contribution in [0.25, 0.3) is 11.1 Å². The first-order chi connectivity index (χ1) is 8.72. The van der Waals surface area contributed by atoms with Gasteiger partial charge in [0.05, 0.1) is 6.61 Å². The summed E-state index contributed by atoms with van der Waals surface area (Å²) in [6.07, 6.45) is 0. The van der Waals surface area contributed by atoms with Gasteiger partial charge in [0.1, 0.15) is 11.6 Å². The number of alkyl halides is 1. The summed E-state index contributed by atoms with van der Waals surface area (Å²) < 4.78 is 19.0. The second kappa shape index (κ2) is 6.01. The molecular weight excluding hydrogens is 295 g/mol. The van der Waals surface area contributed by atoms with E-state index in [1.807, 2.05) is 31.2 Å². The average molecular weight is 309 g/mol. The molecule has 0 heterocycles. The van der Waals surface area contributed by atoms with E-state index in [4.69, 9.17) is 4.74 Å². The Kier molecular flexibility index (Phi) is 4.37. The number of rotatable bonds is 4. The summed E-state index contributed by atoms with van der Waals surface area (Å²) in [4.78, 5) is 0. The van der Waals surface area contributed by atoms with Crippen LogP contribution in [-0.4, -0.2) is 11.9 Å². The number of halogens is 2. The van der Waals surface area contributed by atoms with Gasteiger partial charge in [0.25, 0.3) is 0 Å². The lowest BCUT2D eigenvalue weighted by Crippen LogP contribution is -2.01. The van der Waals surface area contributed by atoms with Crippen molar-refractivity contribution < 1.29 is 9.13 Å². The molecule has 0 fully saturated rings. The van der Waals surface area contributed by atoms with Crippen molar-refractivity contribution in [2.75, 3.05) is 11.9 Å². The molecule has 0 unspecified atom stereocenters. The topological polar surface area (TPSA) is 9.23 Å². The Morgan fingerprint density at radius 3 is 2.67 bits per heavy atom. The van der Waals surface area contributed by atoms with Crippen LogP contribution in [0.15, 0.2) is 42.5 Å². The minimum Gasteiger partial charge on any atom is -0.492 e. The molecule has 2 rings (SSSR count). The van der Waals surface area contributed by atoms with Crippen molar-refractivity contribution in [3.05, 3.63) is 53.8 Å². The Morgan fingerprint density at radius 2 is 1.94 bits per heavy atom. The van der Waals surface area contributed by atoms with E-state index in [1.54, 1.807) is 6.07 Å². The van der Waals surface area contributed by atoms with Crippen molar-refractivity contribution in [3.63, 3.8) is 0 Å². The zero-order chi connectivity index (χ0) is 13.0. The highest BCUT2D eigenvalue weighted by atomic mass is 79.9. The van der Waals surface area contributed by atoms with E-state index in [1.165, 1.54) is 12.1 Å². The molecule has 2 aromatic carbocycles. The van der Waals surface area contributed by atoms with Gasteiger partial charge in [0.15, 0.2) is 0 Å². The van der Waals surface area contributed by atoms with E-state index in [9.17, 15) is 4.39 Å². The summed E-state index contributed by atoms with van der Waals surface area (Å²) in [7, 11) is 0. The van der Waals surface area contributed by atoms with Crippen LogP contribution in [0.5, 0.6) is 5.75 Å². The van der Waals surface area contributed by atoms with Crippen molar-refractivity contribution in [2.45, 2.75) is 6.92 Å². The Balaban J connectivity index is 2.46. The molecule has 0 aliphatic rings. The molecule has 2 aromatic rings. The first kappa shape index (κ1) is 13.1. The van der Waals surface area contributed by atoms with Crippen LogP contribution in [0.1, 0.15) is 5.56 Å². The Labute approximate surface area is 115 Å². The maximum absolute atomic E-state index is 13.3. The SMILES string of the molecule is Cc1cccc(-c2cccc(F)c2)c1OCCBr. The molecule has 18 heavy (non-hydrogen) atoms. The molecule has 0 spiro atoms. The third-order valence-corrected chi connectivity index (χ3v) is 2.99. The molecule has 0 aliphatic carbocycles. The van der Waals surface area contributed by atoms with Gasteiger partial charge >= 0.3 is 0 Å².